The lowest BCUT2D eigenvalue weighted by molar-refractivity contribution is 0.890. The summed E-state index contributed by atoms with van der Waals surface area (Å²) in [4.78, 5) is 5.56. The van der Waals surface area contributed by atoms with Gasteiger partial charge in [0.25, 0.3) is 0 Å². The lowest BCUT2D eigenvalue weighted by atomic mass is 10.2. The Balaban J connectivity index is 2.11. The van der Waals surface area contributed by atoms with Gasteiger partial charge in [0.2, 0.25) is 0 Å². The molecule has 1 aromatic carbocycles. The van der Waals surface area contributed by atoms with E-state index in [-0.39, 0.29) is 0 Å². The molecule has 0 fully saturated rings. The molecule has 0 amide bonds. The van der Waals surface area contributed by atoms with Gasteiger partial charge in [-0.1, -0.05) is 18.2 Å². The molecule has 0 saturated heterocycles. The third-order valence-corrected chi connectivity index (χ3v) is 3.45. The third kappa shape index (κ3) is 2.36. The van der Waals surface area contributed by atoms with Crippen LogP contribution in [0, 0.1) is 6.92 Å². The smallest absolute Gasteiger partial charge is 0.0798 e. The topological polar surface area (TPSA) is 24.9 Å². The van der Waals surface area contributed by atoms with Crippen LogP contribution in [0.2, 0.25) is 0 Å². The van der Waals surface area contributed by atoms with Crippen molar-refractivity contribution in [2.24, 2.45) is 0 Å². The van der Waals surface area contributed by atoms with Crippen LogP contribution in [0.1, 0.15) is 23.5 Å². The second-order valence-corrected chi connectivity index (χ2v) is 4.42. The molecule has 15 heavy (non-hydrogen) atoms. The van der Waals surface area contributed by atoms with Gasteiger partial charge in [-0.15, -0.1) is 11.3 Å². The molecular formula is C12H14N2S. The molecule has 2 nitrogen and oxygen atoms in total. The summed E-state index contributed by atoms with van der Waals surface area (Å²) in [5.74, 6) is 0. The first-order valence-electron chi connectivity index (χ1n) is 4.99. The van der Waals surface area contributed by atoms with Gasteiger partial charge in [0.05, 0.1) is 17.2 Å². The predicted molar refractivity (Wildman–Crippen MR) is 65.3 cm³/mol. The summed E-state index contributed by atoms with van der Waals surface area (Å²) < 4.78 is 0. The lowest BCUT2D eigenvalue weighted by Gasteiger charge is -2.13. The minimum atomic E-state index is 0.319. The highest BCUT2D eigenvalue weighted by atomic mass is 32.1. The number of nitrogens with one attached hydrogen (secondary N) is 1. The largest absolute Gasteiger partial charge is 0.378 e. The van der Waals surface area contributed by atoms with Gasteiger partial charge in [-0.2, -0.15) is 0 Å². The van der Waals surface area contributed by atoms with Crippen molar-refractivity contribution < 1.29 is 0 Å². The molecule has 0 aliphatic rings. The van der Waals surface area contributed by atoms with E-state index < -0.39 is 0 Å². The van der Waals surface area contributed by atoms with Crippen LogP contribution in [0.5, 0.6) is 0 Å². The van der Waals surface area contributed by atoms with Gasteiger partial charge in [0.15, 0.2) is 0 Å². The van der Waals surface area contributed by atoms with E-state index in [1.54, 1.807) is 11.3 Å². The fourth-order valence-corrected chi connectivity index (χ4v) is 2.39. The molecule has 3 heteroatoms. The third-order valence-electron chi connectivity index (χ3n) is 2.33. The van der Waals surface area contributed by atoms with E-state index in [0.29, 0.717) is 6.04 Å². The van der Waals surface area contributed by atoms with E-state index in [2.05, 4.69) is 36.3 Å². The van der Waals surface area contributed by atoms with Crippen molar-refractivity contribution in [3.8, 4) is 0 Å². The number of anilines is 1. The van der Waals surface area contributed by atoms with Gasteiger partial charge in [0.1, 0.15) is 0 Å². The van der Waals surface area contributed by atoms with E-state index in [0.717, 1.165) is 11.4 Å². The molecule has 1 heterocycles. The number of aromatic nitrogens is 1. The van der Waals surface area contributed by atoms with Crippen LogP contribution in [-0.4, -0.2) is 4.98 Å². The average molecular weight is 218 g/mol. The Morgan fingerprint density at radius 2 is 2.00 bits per heavy atom. The quantitative estimate of drug-likeness (QED) is 0.851. The van der Waals surface area contributed by atoms with Gasteiger partial charge < -0.3 is 5.32 Å². The first-order chi connectivity index (χ1) is 7.27. The van der Waals surface area contributed by atoms with Crippen LogP contribution >= 0.6 is 11.3 Å². The van der Waals surface area contributed by atoms with Crippen LogP contribution in [0.4, 0.5) is 5.69 Å². The highest BCUT2D eigenvalue weighted by Crippen LogP contribution is 2.24. The van der Waals surface area contributed by atoms with E-state index in [4.69, 9.17) is 0 Å². The zero-order valence-corrected chi connectivity index (χ0v) is 9.71. The van der Waals surface area contributed by atoms with Crippen molar-refractivity contribution in [1.29, 1.82) is 0 Å². The molecule has 0 radical (unpaired) electrons. The minimum Gasteiger partial charge on any atom is -0.378 e. The van der Waals surface area contributed by atoms with Crippen molar-refractivity contribution in [3.05, 3.63) is 46.4 Å². The molecule has 1 unspecified atom stereocenters. The van der Waals surface area contributed by atoms with Crippen LogP contribution in [-0.2, 0) is 0 Å². The van der Waals surface area contributed by atoms with Gasteiger partial charge in [0, 0.05) is 10.6 Å². The molecular weight excluding hydrogens is 204 g/mol. The number of para-hydroxylation sites is 1. The van der Waals surface area contributed by atoms with Crippen molar-refractivity contribution in [2.45, 2.75) is 19.9 Å². The van der Waals surface area contributed by atoms with Crippen LogP contribution < -0.4 is 5.32 Å². The normalized spacial score (nSPS) is 12.4. The van der Waals surface area contributed by atoms with Crippen LogP contribution in [0.25, 0.3) is 0 Å². The fraction of sp³-hybridized carbons (Fsp3) is 0.250. The molecule has 1 atom stereocenters. The summed E-state index contributed by atoms with van der Waals surface area (Å²) in [7, 11) is 0. The summed E-state index contributed by atoms with van der Waals surface area (Å²) in [6.07, 6.45) is 0. The molecule has 0 spiro atoms. The van der Waals surface area contributed by atoms with Gasteiger partial charge in [-0.05, 0) is 26.0 Å². The number of hydrogen-bond donors (Lipinski definition) is 1. The monoisotopic (exact) mass is 218 g/mol. The molecule has 1 aromatic heterocycles. The number of aryl methyl sites for hydroxylation is 1. The standard InChI is InChI=1S/C12H14N2S/c1-9-12(15-8-13-9)10(2)14-11-6-4-3-5-7-11/h3-8,10,14H,1-2H3. The Kier molecular flexibility index (Phi) is 3.02. The summed E-state index contributed by atoms with van der Waals surface area (Å²) in [5, 5.41) is 3.46. The SMILES string of the molecule is Cc1ncsc1C(C)Nc1ccccc1. The number of rotatable bonds is 3. The van der Waals surface area contributed by atoms with E-state index in [9.17, 15) is 0 Å². The average Bonchev–Trinajstić information content (AvgIpc) is 2.66. The highest BCUT2D eigenvalue weighted by molar-refractivity contribution is 7.09. The second kappa shape index (κ2) is 4.45. The van der Waals surface area contributed by atoms with E-state index in [1.165, 1.54) is 4.88 Å². The molecule has 0 saturated carbocycles. The number of hydrogen-bond acceptors (Lipinski definition) is 3. The Hall–Kier alpha value is -1.35. The van der Waals surface area contributed by atoms with E-state index in [1.807, 2.05) is 23.7 Å². The maximum Gasteiger partial charge on any atom is 0.0798 e. The van der Waals surface area contributed by atoms with Crippen molar-refractivity contribution in [3.63, 3.8) is 0 Å². The summed E-state index contributed by atoms with van der Waals surface area (Å²) in [6.45, 7) is 4.21. The van der Waals surface area contributed by atoms with Crippen molar-refractivity contribution in [2.75, 3.05) is 5.32 Å². The van der Waals surface area contributed by atoms with Gasteiger partial charge in [-0.3, -0.25) is 0 Å². The first kappa shape index (κ1) is 10.2. The highest BCUT2D eigenvalue weighted by Gasteiger charge is 2.10. The maximum absolute atomic E-state index is 4.26. The van der Waals surface area contributed by atoms with Crippen molar-refractivity contribution in [1.82, 2.24) is 4.98 Å². The Bertz CT molecular complexity index is 422. The van der Waals surface area contributed by atoms with Gasteiger partial charge >= 0.3 is 0 Å². The first-order valence-corrected chi connectivity index (χ1v) is 5.87. The molecule has 2 rings (SSSR count). The predicted octanol–water partition coefficient (Wildman–Crippen LogP) is 3.62. The van der Waals surface area contributed by atoms with Crippen LogP contribution in [0.3, 0.4) is 0 Å². The maximum atomic E-state index is 4.26. The number of thiazole rings is 1. The molecule has 0 aliphatic heterocycles. The molecule has 0 aliphatic carbocycles. The minimum absolute atomic E-state index is 0.319. The Labute approximate surface area is 94.0 Å². The molecule has 1 N–H and O–H groups in total. The lowest BCUT2D eigenvalue weighted by Crippen LogP contribution is -2.05. The zero-order chi connectivity index (χ0) is 10.7. The number of benzene rings is 1. The summed E-state index contributed by atoms with van der Waals surface area (Å²) in [6, 6.07) is 10.6. The Morgan fingerprint density at radius 3 is 2.60 bits per heavy atom. The second-order valence-electron chi connectivity index (χ2n) is 3.53. The summed E-state index contributed by atoms with van der Waals surface area (Å²) >= 11 is 1.70. The Morgan fingerprint density at radius 1 is 1.27 bits per heavy atom. The fourth-order valence-electron chi connectivity index (χ4n) is 1.58. The molecule has 2 aromatic rings. The zero-order valence-electron chi connectivity index (χ0n) is 8.90. The molecule has 78 valence electrons. The number of nitrogens with zero attached hydrogens (tertiary/aromatic N) is 1. The van der Waals surface area contributed by atoms with Crippen LogP contribution in [0.15, 0.2) is 35.8 Å². The summed E-state index contributed by atoms with van der Waals surface area (Å²) in [5.41, 5.74) is 4.17. The van der Waals surface area contributed by atoms with E-state index >= 15 is 0 Å². The van der Waals surface area contributed by atoms with Crippen molar-refractivity contribution >= 4 is 17.0 Å². The van der Waals surface area contributed by atoms with Gasteiger partial charge in [-0.25, -0.2) is 4.98 Å². The molecule has 0 bridgehead atoms.